The molecule has 1 rings (SSSR count). The zero-order valence-electron chi connectivity index (χ0n) is 13.3. The molecule has 20 heavy (non-hydrogen) atoms. The van der Waals surface area contributed by atoms with Crippen molar-refractivity contribution < 1.29 is 9.13 Å². The summed E-state index contributed by atoms with van der Waals surface area (Å²) in [5.74, 6) is 0.0568. The highest BCUT2D eigenvalue weighted by Gasteiger charge is 2.07. The van der Waals surface area contributed by atoms with Gasteiger partial charge in [0, 0.05) is 5.54 Å². The van der Waals surface area contributed by atoms with Crippen LogP contribution < -0.4 is 10.1 Å². The van der Waals surface area contributed by atoms with E-state index >= 15 is 0 Å². The fourth-order valence-corrected chi connectivity index (χ4v) is 2.14. The summed E-state index contributed by atoms with van der Waals surface area (Å²) in [5, 5.41) is 3.49. The Morgan fingerprint density at radius 2 is 1.80 bits per heavy atom. The van der Waals surface area contributed by atoms with Crippen LogP contribution in [0.5, 0.6) is 5.75 Å². The number of aryl methyl sites for hydroxylation is 1. The van der Waals surface area contributed by atoms with Gasteiger partial charge in [0.2, 0.25) is 0 Å². The van der Waals surface area contributed by atoms with Crippen LogP contribution in [0.3, 0.4) is 0 Å². The number of benzene rings is 1. The first kappa shape index (κ1) is 17.0. The van der Waals surface area contributed by atoms with Crippen molar-refractivity contribution in [3.8, 4) is 5.75 Å². The molecule has 0 aromatic heterocycles. The minimum Gasteiger partial charge on any atom is -0.494 e. The minimum absolute atomic E-state index is 0.209. The molecule has 1 N–H and O–H groups in total. The van der Waals surface area contributed by atoms with Gasteiger partial charge in [-0.3, -0.25) is 0 Å². The zero-order chi connectivity index (χ0) is 15.0. The van der Waals surface area contributed by atoms with E-state index in [4.69, 9.17) is 4.74 Å². The first-order valence-electron chi connectivity index (χ1n) is 7.50. The Hall–Kier alpha value is -1.09. The van der Waals surface area contributed by atoms with Crippen LogP contribution in [0.25, 0.3) is 0 Å². The van der Waals surface area contributed by atoms with E-state index in [0.29, 0.717) is 5.75 Å². The molecule has 0 bridgehead atoms. The Labute approximate surface area is 122 Å². The number of hydrogen-bond acceptors (Lipinski definition) is 2. The fourth-order valence-electron chi connectivity index (χ4n) is 2.14. The molecular formula is C17H28FNO. The lowest BCUT2D eigenvalue weighted by Crippen LogP contribution is -2.36. The first-order chi connectivity index (χ1) is 9.42. The third-order valence-corrected chi connectivity index (χ3v) is 3.26. The Kier molecular flexibility index (Phi) is 7.00. The van der Waals surface area contributed by atoms with Gasteiger partial charge < -0.3 is 10.1 Å². The molecule has 0 atom stereocenters. The molecular weight excluding hydrogens is 253 g/mol. The second-order valence-electron chi connectivity index (χ2n) is 6.31. The van der Waals surface area contributed by atoms with Crippen LogP contribution in [0.4, 0.5) is 4.39 Å². The first-order valence-corrected chi connectivity index (χ1v) is 7.50. The Balaban J connectivity index is 2.14. The lowest BCUT2D eigenvalue weighted by Gasteiger charge is -2.20. The molecule has 3 heteroatoms. The second kappa shape index (κ2) is 8.25. The quantitative estimate of drug-likeness (QED) is 0.716. The standard InChI is InChI=1S/C17H28FNO/c1-17(2,3)19-12-8-6-5-7-9-14-10-11-16(20-4)15(18)13-14/h10-11,13,19H,5-9,12H2,1-4H3. The van der Waals surface area contributed by atoms with E-state index in [-0.39, 0.29) is 11.4 Å². The van der Waals surface area contributed by atoms with Gasteiger partial charge in [-0.2, -0.15) is 0 Å². The molecule has 1 aromatic carbocycles. The van der Waals surface area contributed by atoms with Crippen molar-refractivity contribution in [3.63, 3.8) is 0 Å². The summed E-state index contributed by atoms with van der Waals surface area (Å²) in [5.41, 5.74) is 1.26. The molecule has 0 heterocycles. The molecule has 114 valence electrons. The van der Waals surface area contributed by atoms with Crippen molar-refractivity contribution in [3.05, 3.63) is 29.6 Å². The summed E-state index contributed by atoms with van der Waals surface area (Å²) in [6.07, 6.45) is 5.67. The van der Waals surface area contributed by atoms with Crippen LogP contribution in [-0.4, -0.2) is 19.2 Å². The maximum Gasteiger partial charge on any atom is 0.165 e. The SMILES string of the molecule is COc1ccc(CCCCCCNC(C)(C)C)cc1F. The number of unbranched alkanes of at least 4 members (excludes halogenated alkanes) is 3. The monoisotopic (exact) mass is 281 g/mol. The van der Waals surface area contributed by atoms with Gasteiger partial charge in [-0.15, -0.1) is 0 Å². The van der Waals surface area contributed by atoms with E-state index in [1.807, 2.05) is 6.07 Å². The largest absolute Gasteiger partial charge is 0.494 e. The Morgan fingerprint density at radius 1 is 1.10 bits per heavy atom. The Bertz CT molecular complexity index is 398. The van der Waals surface area contributed by atoms with Gasteiger partial charge in [-0.25, -0.2) is 4.39 Å². The molecule has 1 aromatic rings. The van der Waals surface area contributed by atoms with Crippen LogP contribution in [0.2, 0.25) is 0 Å². The van der Waals surface area contributed by atoms with Crippen molar-refractivity contribution in [2.75, 3.05) is 13.7 Å². The summed E-state index contributed by atoms with van der Waals surface area (Å²) in [7, 11) is 1.49. The minimum atomic E-state index is -0.264. The second-order valence-corrected chi connectivity index (χ2v) is 6.31. The summed E-state index contributed by atoms with van der Waals surface area (Å²) < 4.78 is 18.4. The molecule has 2 nitrogen and oxygen atoms in total. The average Bonchev–Trinajstić information content (AvgIpc) is 2.36. The van der Waals surface area contributed by atoms with E-state index in [0.717, 1.165) is 24.9 Å². The van der Waals surface area contributed by atoms with E-state index in [1.165, 1.54) is 26.4 Å². The summed E-state index contributed by atoms with van der Waals surface area (Å²) >= 11 is 0. The van der Waals surface area contributed by atoms with Crippen molar-refractivity contribution in [2.45, 2.75) is 58.4 Å². The smallest absolute Gasteiger partial charge is 0.165 e. The highest BCUT2D eigenvalue weighted by Crippen LogP contribution is 2.19. The molecule has 0 saturated carbocycles. The third-order valence-electron chi connectivity index (χ3n) is 3.26. The van der Waals surface area contributed by atoms with Crippen molar-refractivity contribution in [1.29, 1.82) is 0 Å². The van der Waals surface area contributed by atoms with Crippen LogP contribution >= 0.6 is 0 Å². The Morgan fingerprint density at radius 3 is 2.40 bits per heavy atom. The van der Waals surface area contributed by atoms with E-state index in [1.54, 1.807) is 12.1 Å². The predicted molar refractivity (Wildman–Crippen MR) is 82.9 cm³/mol. The predicted octanol–water partition coefficient (Wildman–Crippen LogP) is 4.33. The lowest BCUT2D eigenvalue weighted by atomic mass is 10.1. The molecule has 0 radical (unpaired) electrons. The normalized spacial score (nSPS) is 11.7. The van der Waals surface area contributed by atoms with Crippen LogP contribution in [0.1, 0.15) is 52.0 Å². The van der Waals surface area contributed by atoms with Crippen molar-refractivity contribution >= 4 is 0 Å². The van der Waals surface area contributed by atoms with Gasteiger partial charge in [0.15, 0.2) is 11.6 Å². The van der Waals surface area contributed by atoms with Crippen LogP contribution in [0.15, 0.2) is 18.2 Å². The molecule has 0 amide bonds. The maximum atomic E-state index is 13.5. The van der Waals surface area contributed by atoms with Gasteiger partial charge in [-0.1, -0.05) is 18.9 Å². The zero-order valence-corrected chi connectivity index (χ0v) is 13.3. The molecule has 0 fully saturated rings. The molecule has 0 aliphatic carbocycles. The highest BCUT2D eigenvalue weighted by molar-refractivity contribution is 5.29. The number of halogens is 1. The number of nitrogens with one attached hydrogen (secondary N) is 1. The van der Waals surface area contributed by atoms with Gasteiger partial charge >= 0.3 is 0 Å². The molecule has 0 spiro atoms. The van der Waals surface area contributed by atoms with Crippen molar-refractivity contribution in [1.82, 2.24) is 5.32 Å². The molecule has 0 unspecified atom stereocenters. The summed E-state index contributed by atoms with van der Waals surface area (Å²) in [6.45, 7) is 7.63. The third kappa shape index (κ3) is 6.90. The van der Waals surface area contributed by atoms with Gasteiger partial charge in [-0.05, 0) is 64.3 Å². The molecule has 0 aliphatic rings. The van der Waals surface area contributed by atoms with Crippen molar-refractivity contribution in [2.24, 2.45) is 0 Å². The number of rotatable bonds is 8. The highest BCUT2D eigenvalue weighted by atomic mass is 19.1. The van der Waals surface area contributed by atoms with Crippen LogP contribution in [0, 0.1) is 5.82 Å². The van der Waals surface area contributed by atoms with Crippen LogP contribution in [-0.2, 0) is 6.42 Å². The van der Waals surface area contributed by atoms with Gasteiger partial charge in [0.25, 0.3) is 0 Å². The van der Waals surface area contributed by atoms with Gasteiger partial charge in [0.05, 0.1) is 7.11 Å². The van der Waals surface area contributed by atoms with E-state index in [2.05, 4.69) is 26.1 Å². The molecule has 0 aliphatic heterocycles. The van der Waals surface area contributed by atoms with E-state index in [9.17, 15) is 4.39 Å². The fraction of sp³-hybridized carbons (Fsp3) is 0.647. The summed E-state index contributed by atoms with van der Waals surface area (Å²) in [4.78, 5) is 0. The number of methoxy groups -OCH3 is 1. The average molecular weight is 281 g/mol. The number of ether oxygens (including phenoxy) is 1. The van der Waals surface area contributed by atoms with Gasteiger partial charge in [0.1, 0.15) is 0 Å². The molecule has 0 saturated heterocycles. The summed E-state index contributed by atoms with van der Waals surface area (Å²) in [6, 6.07) is 5.24. The topological polar surface area (TPSA) is 21.3 Å². The maximum absolute atomic E-state index is 13.5. The lowest BCUT2D eigenvalue weighted by molar-refractivity contribution is 0.386. The van der Waals surface area contributed by atoms with E-state index < -0.39 is 0 Å². The number of hydrogen-bond donors (Lipinski definition) is 1.